The Bertz CT molecular complexity index is 943. The van der Waals surface area contributed by atoms with Gasteiger partial charge in [-0.15, -0.1) is 0 Å². The minimum atomic E-state index is -0.357. The number of carbonyl (C=O) groups is 2. The summed E-state index contributed by atoms with van der Waals surface area (Å²) in [5, 5.41) is 0. The maximum Gasteiger partial charge on any atom is 0.272 e. The van der Waals surface area contributed by atoms with Crippen LogP contribution in [0, 0.1) is 12.7 Å². The highest BCUT2D eigenvalue weighted by atomic mass is 19.1. The van der Waals surface area contributed by atoms with Gasteiger partial charge in [-0.3, -0.25) is 9.59 Å². The molecule has 0 bridgehead atoms. The van der Waals surface area contributed by atoms with Crippen LogP contribution in [0.1, 0.15) is 33.8 Å². The number of carbonyl (C=O) groups excluding carboxylic acids is 2. The van der Waals surface area contributed by atoms with Crippen LogP contribution in [-0.2, 0) is 4.79 Å². The van der Waals surface area contributed by atoms with Crippen molar-refractivity contribution in [2.75, 3.05) is 31.6 Å². The molecule has 0 spiro atoms. The van der Waals surface area contributed by atoms with Crippen LogP contribution in [0.3, 0.4) is 0 Å². The van der Waals surface area contributed by atoms with Crippen molar-refractivity contribution in [3.8, 4) is 0 Å². The summed E-state index contributed by atoms with van der Waals surface area (Å²) in [6.45, 7) is 3.89. The molecule has 28 heavy (non-hydrogen) atoms. The topological polar surface area (TPSA) is 63.4 Å². The van der Waals surface area contributed by atoms with E-state index >= 15 is 0 Å². The lowest BCUT2D eigenvalue weighted by molar-refractivity contribution is -0.907. The molecular weight excluding hydrogens is 357 g/mol. The zero-order valence-corrected chi connectivity index (χ0v) is 16.2. The Morgan fingerprint density at radius 2 is 1.93 bits per heavy atom. The molecule has 0 saturated carbocycles. The Morgan fingerprint density at radius 1 is 1.21 bits per heavy atom. The quantitative estimate of drug-likeness (QED) is 0.830. The molecule has 2 N–H and O–H groups in total. The van der Waals surface area contributed by atoms with Crippen molar-refractivity contribution in [2.45, 2.75) is 25.3 Å². The summed E-state index contributed by atoms with van der Waals surface area (Å²) in [5.41, 5.74) is 9.17. The van der Waals surface area contributed by atoms with Crippen molar-refractivity contribution in [3.63, 3.8) is 0 Å². The Labute approximate surface area is 164 Å². The van der Waals surface area contributed by atoms with Crippen molar-refractivity contribution in [2.24, 2.45) is 5.73 Å². The Balaban J connectivity index is 1.73. The summed E-state index contributed by atoms with van der Waals surface area (Å²) < 4.78 is 13.9. The first-order valence-electron chi connectivity index (χ1n) is 9.59. The van der Waals surface area contributed by atoms with Crippen molar-refractivity contribution in [1.29, 1.82) is 0 Å². The van der Waals surface area contributed by atoms with Gasteiger partial charge in [0.15, 0.2) is 6.54 Å². The van der Waals surface area contributed by atoms with E-state index in [4.69, 9.17) is 5.73 Å². The number of quaternary nitrogens is 1. The molecule has 146 valence electrons. The van der Waals surface area contributed by atoms with Gasteiger partial charge < -0.3 is 15.1 Å². The Kier molecular flexibility index (Phi) is 4.46. The van der Waals surface area contributed by atoms with Gasteiger partial charge in [0.1, 0.15) is 5.82 Å². The molecule has 2 amide bonds. The molecule has 5 nitrogen and oxygen atoms in total. The van der Waals surface area contributed by atoms with Crippen LogP contribution in [0.5, 0.6) is 0 Å². The van der Waals surface area contributed by atoms with Gasteiger partial charge in [0.25, 0.3) is 11.8 Å². The van der Waals surface area contributed by atoms with E-state index in [9.17, 15) is 14.0 Å². The van der Waals surface area contributed by atoms with E-state index in [1.165, 1.54) is 24.3 Å². The van der Waals surface area contributed by atoms with Gasteiger partial charge in [0, 0.05) is 17.7 Å². The number of hydrogen-bond acceptors (Lipinski definition) is 2. The van der Waals surface area contributed by atoms with E-state index in [-0.39, 0.29) is 29.6 Å². The Morgan fingerprint density at radius 3 is 2.61 bits per heavy atom. The number of benzene rings is 2. The standard InChI is InChI=1S/C22H24FN3O2/c1-14-3-8-19-17(11-14)18-12-26(2,13-21(24)27)10-9-20(18)25(19)22(28)15-4-6-16(23)7-5-15/h3-8,11,18,20H,9-10,12-13H2,1-2H3,(H-,24,27)/p+1/t18-,20-,26?/m0/s1. The lowest BCUT2D eigenvalue weighted by atomic mass is 9.87. The fraction of sp³-hybridized carbons (Fsp3) is 0.364. The summed E-state index contributed by atoms with van der Waals surface area (Å²) in [6.07, 6.45) is 0.787. The number of piperidine rings is 1. The van der Waals surface area contributed by atoms with Gasteiger partial charge >= 0.3 is 0 Å². The number of nitrogens with zero attached hydrogens (tertiary/aromatic N) is 2. The molecular formula is C22H25FN3O2+. The van der Waals surface area contributed by atoms with Crippen LogP contribution in [0.25, 0.3) is 0 Å². The van der Waals surface area contributed by atoms with Gasteiger partial charge in [-0.2, -0.15) is 0 Å². The van der Waals surface area contributed by atoms with Crippen LogP contribution >= 0.6 is 0 Å². The molecule has 2 aromatic rings. The lowest BCUT2D eigenvalue weighted by Gasteiger charge is -2.43. The minimum absolute atomic E-state index is 0.0356. The summed E-state index contributed by atoms with van der Waals surface area (Å²) in [4.78, 5) is 26.8. The number of aryl methyl sites for hydroxylation is 1. The maximum absolute atomic E-state index is 13.3. The number of likely N-dealkylation sites (tertiary alicyclic amines) is 1. The molecule has 0 aromatic heterocycles. The zero-order chi connectivity index (χ0) is 20.1. The third-order valence-electron chi connectivity index (χ3n) is 6.09. The van der Waals surface area contributed by atoms with E-state index < -0.39 is 0 Å². The molecule has 0 aliphatic carbocycles. The van der Waals surface area contributed by atoms with Gasteiger partial charge in [0.2, 0.25) is 0 Å². The average molecular weight is 382 g/mol. The highest BCUT2D eigenvalue weighted by molar-refractivity contribution is 6.08. The van der Waals surface area contributed by atoms with Gasteiger partial charge in [0.05, 0.1) is 32.1 Å². The molecule has 0 radical (unpaired) electrons. The maximum atomic E-state index is 13.3. The van der Waals surface area contributed by atoms with E-state index in [2.05, 4.69) is 13.1 Å². The van der Waals surface area contributed by atoms with Crippen molar-refractivity contribution >= 4 is 17.5 Å². The van der Waals surface area contributed by atoms with Crippen LogP contribution in [0.15, 0.2) is 42.5 Å². The molecule has 2 heterocycles. The minimum Gasteiger partial charge on any atom is -0.365 e. The van der Waals surface area contributed by atoms with Crippen molar-refractivity contribution in [3.05, 3.63) is 65.0 Å². The number of amides is 2. The molecule has 3 atom stereocenters. The molecule has 1 unspecified atom stereocenters. The van der Waals surface area contributed by atoms with Crippen LogP contribution < -0.4 is 10.6 Å². The summed E-state index contributed by atoms with van der Waals surface area (Å²) in [7, 11) is 2.06. The third-order valence-corrected chi connectivity index (χ3v) is 6.09. The van der Waals surface area contributed by atoms with E-state index in [0.29, 0.717) is 16.6 Å². The summed E-state index contributed by atoms with van der Waals surface area (Å²) in [5.74, 6) is -0.618. The molecule has 2 aliphatic rings. The molecule has 6 heteroatoms. The average Bonchev–Trinajstić information content (AvgIpc) is 2.93. The normalized spacial score (nSPS) is 25.9. The van der Waals surface area contributed by atoms with E-state index in [0.717, 1.165) is 36.3 Å². The number of nitrogens with two attached hydrogens (primary N) is 1. The van der Waals surface area contributed by atoms with Gasteiger partial charge in [-0.1, -0.05) is 17.7 Å². The number of primary amides is 1. The highest BCUT2D eigenvalue weighted by Crippen LogP contribution is 2.46. The number of fused-ring (bicyclic) bond motifs is 3. The second-order valence-electron chi connectivity index (χ2n) is 8.36. The molecule has 4 rings (SSSR count). The van der Waals surface area contributed by atoms with Crippen molar-refractivity contribution in [1.82, 2.24) is 0 Å². The first-order chi connectivity index (χ1) is 13.3. The predicted molar refractivity (Wildman–Crippen MR) is 106 cm³/mol. The third kappa shape index (κ3) is 3.18. The largest absolute Gasteiger partial charge is 0.365 e. The van der Waals surface area contributed by atoms with Gasteiger partial charge in [-0.25, -0.2) is 4.39 Å². The lowest BCUT2D eigenvalue weighted by Crippen LogP contribution is -2.59. The second kappa shape index (κ2) is 6.71. The van der Waals surface area contributed by atoms with Crippen LogP contribution in [-0.4, -0.2) is 49.0 Å². The highest BCUT2D eigenvalue weighted by Gasteiger charge is 2.49. The first-order valence-corrected chi connectivity index (χ1v) is 9.59. The van der Waals surface area contributed by atoms with Crippen LogP contribution in [0.4, 0.5) is 10.1 Å². The van der Waals surface area contributed by atoms with E-state index in [1.54, 1.807) is 0 Å². The molecule has 2 aliphatic heterocycles. The Hall–Kier alpha value is -2.73. The zero-order valence-electron chi connectivity index (χ0n) is 16.2. The number of anilines is 1. The number of halogens is 1. The number of likely N-dealkylation sites (N-methyl/N-ethyl adjacent to an activating group) is 1. The molecule has 1 saturated heterocycles. The monoisotopic (exact) mass is 382 g/mol. The smallest absolute Gasteiger partial charge is 0.272 e. The second-order valence-corrected chi connectivity index (χ2v) is 8.36. The van der Waals surface area contributed by atoms with Gasteiger partial charge in [-0.05, 0) is 42.8 Å². The molecule has 1 fully saturated rings. The fourth-order valence-electron chi connectivity index (χ4n) is 4.83. The number of rotatable bonds is 3. The first kappa shape index (κ1) is 18.6. The summed E-state index contributed by atoms with van der Waals surface area (Å²) >= 11 is 0. The van der Waals surface area contributed by atoms with Crippen molar-refractivity contribution < 1.29 is 18.5 Å². The predicted octanol–water partition coefficient (Wildman–Crippen LogP) is 2.58. The fourth-order valence-corrected chi connectivity index (χ4v) is 4.83. The number of hydrogen-bond donors (Lipinski definition) is 1. The summed E-state index contributed by atoms with van der Waals surface area (Å²) in [6, 6.07) is 11.9. The SMILES string of the molecule is Cc1ccc2c(c1)[C@@H]1C[N+](C)(CC(N)=O)CC[C@@H]1N2C(=O)c1ccc(F)cc1. The molecule has 2 aromatic carbocycles. The van der Waals surface area contributed by atoms with Crippen LogP contribution in [0.2, 0.25) is 0 Å². The van der Waals surface area contributed by atoms with E-state index in [1.807, 2.05) is 24.0 Å².